The molecule has 0 spiro atoms. The summed E-state index contributed by atoms with van der Waals surface area (Å²) in [7, 11) is 1.93. The zero-order valence-corrected chi connectivity index (χ0v) is 8.36. The van der Waals surface area contributed by atoms with E-state index in [0.29, 0.717) is 0 Å². The van der Waals surface area contributed by atoms with Crippen LogP contribution in [0.25, 0.3) is 0 Å². The smallest absolute Gasteiger partial charge is 0.0131 e. The summed E-state index contributed by atoms with van der Waals surface area (Å²) in [5.74, 6) is 0. The van der Waals surface area contributed by atoms with Crippen LogP contribution in [0.1, 0.15) is 34.6 Å². The summed E-state index contributed by atoms with van der Waals surface area (Å²) in [5.41, 5.74) is 0. The zero-order chi connectivity index (χ0) is 8.83. The van der Waals surface area contributed by atoms with Crippen LogP contribution in [0, 0.1) is 0 Å². The lowest BCUT2D eigenvalue weighted by atomic mass is 10.5. The molecule has 0 aliphatic rings. The van der Waals surface area contributed by atoms with Crippen LogP contribution in [-0.4, -0.2) is 13.6 Å². The van der Waals surface area contributed by atoms with Crippen molar-refractivity contribution in [1.82, 2.24) is 5.32 Å². The fraction of sp³-hybridized carbons (Fsp3) is 0.778. The van der Waals surface area contributed by atoms with Gasteiger partial charge in [0, 0.05) is 6.54 Å². The van der Waals surface area contributed by atoms with Crippen LogP contribution in [0.5, 0.6) is 0 Å². The fourth-order valence-electron chi connectivity index (χ4n) is 0.236. The Hall–Kier alpha value is -0.300. The van der Waals surface area contributed by atoms with Crippen LogP contribution >= 0.6 is 0 Å². The van der Waals surface area contributed by atoms with Crippen molar-refractivity contribution in [3.8, 4) is 0 Å². The molecule has 0 saturated heterocycles. The van der Waals surface area contributed by atoms with E-state index in [2.05, 4.69) is 11.4 Å². The molecule has 0 aliphatic carbocycles. The van der Waals surface area contributed by atoms with Gasteiger partial charge >= 0.3 is 0 Å². The van der Waals surface area contributed by atoms with Crippen molar-refractivity contribution in [2.24, 2.45) is 0 Å². The Morgan fingerprint density at radius 3 is 1.60 bits per heavy atom. The molecule has 0 aromatic heterocycles. The molecule has 0 bridgehead atoms. The Kier molecular flexibility index (Phi) is 61.6. The second-order valence-electron chi connectivity index (χ2n) is 1.13. The summed E-state index contributed by atoms with van der Waals surface area (Å²) in [6.45, 7) is 11.0. The molecule has 0 atom stereocenters. The second-order valence-corrected chi connectivity index (χ2v) is 1.13. The third-order valence-corrected chi connectivity index (χ3v) is 0.558. The van der Waals surface area contributed by atoms with Crippen LogP contribution < -0.4 is 5.32 Å². The average Bonchev–Trinajstić information content (AvgIpc) is 2.08. The van der Waals surface area contributed by atoms with Gasteiger partial charge in [-0.25, -0.2) is 0 Å². The van der Waals surface area contributed by atoms with Gasteiger partial charge in [0.25, 0.3) is 0 Å². The topological polar surface area (TPSA) is 12.0 Å². The van der Waals surface area contributed by atoms with E-state index < -0.39 is 0 Å². The number of allylic oxidation sites excluding steroid dienone is 1. The van der Waals surface area contributed by atoms with Crippen molar-refractivity contribution in [3.05, 3.63) is 12.2 Å². The fourth-order valence-corrected chi connectivity index (χ4v) is 0.236. The first-order valence-electron chi connectivity index (χ1n) is 4.17. The first kappa shape index (κ1) is 16.4. The van der Waals surface area contributed by atoms with Crippen molar-refractivity contribution >= 4 is 0 Å². The van der Waals surface area contributed by atoms with E-state index in [0.717, 1.165) is 6.54 Å². The molecule has 1 N–H and O–H groups in total. The largest absolute Gasteiger partial charge is 0.316 e. The van der Waals surface area contributed by atoms with Gasteiger partial charge in [0.05, 0.1) is 0 Å². The molecule has 0 amide bonds. The highest BCUT2D eigenvalue weighted by Gasteiger charge is 1.61. The molecule has 1 nitrogen and oxygen atoms in total. The summed E-state index contributed by atoms with van der Waals surface area (Å²) in [6.07, 6.45) is 4.09. The van der Waals surface area contributed by atoms with Crippen molar-refractivity contribution in [2.75, 3.05) is 13.6 Å². The maximum absolute atomic E-state index is 2.98. The first-order chi connectivity index (χ1) is 4.91. The van der Waals surface area contributed by atoms with E-state index in [1.807, 2.05) is 47.7 Å². The standard InChI is InChI=1S/C5H11N.2C2H6/c1-3-4-5-6-2;2*1-2/h3-4,6H,5H2,1-2H3;2*1-2H3/b4-3-;;. The van der Waals surface area contributed by atoms with Crippen LogP contribution in [-0.2, 0) is 0 Å². The molecule has 0 aliphatic heterocycles. The minimum Gasteiger partial charge on any atom is -0.316 e. The molecule has 0 fully saturated rings. The van der Waals surface area contributed by atoms with E-state index in [1.54, 1.807) is 0 Å². The van der Waals surface area contributed by atoms with Crippen molar-refractivity contribution in [1.29, 1.82) is 0 Å². The Morgan fingerprint density at radius 1 is 1.10 bits per heavy atom. The number of nitrogens with one attached hydrogen (secondary N) is 1. The normalized spacial score (nSPS) is 7.40. The van der Waals surface area contributed by atoms with Crippen molar-refractivity contribution in [3.63, 3.8) is 0 Å². The first-order valence-corrected chi connectivity index (χ1v) is 4.17. The minimum absolute atomic E-state index is 0.983. The number of hydrogen-bond acceptors (Lipinski definition) is 1. The molecule has 0 rings (SSSR count). The number of likely N-dealkylation sites (N-methyl/N-ethyl adjacent to an activating group) is 1. The lowest BCUT2D eigenvalue weighted by molar-refractivity contribution is 0.918. The van der Waals surface area contributed by atoms with E-state index in [-0.39, 0.29) is 0 Å². The highest BCUT2D eigenvalue weighted by atomic mass is 14.8. The van der Waals surface area contributed by atoms with Gasteiger partial charge in [-0.3, -0.25) is 0 Å². The number of rotatable bonds is 2. The molecular weight excluding hydrogens is 122 g/mol. The lowest BCUT2D eigenvalue weighted by Gasteiger charge is -1.81. The Labute approximate surface area is 66.5 Å². The monoisotopic (exact) mass is 145 g/mol. The maximum Gasteiger partial charge on any atom is 0.0131 e. The average molecular weight is 145 g/mol. The van der Waals surface area contributed by atoms with Crippen LogP contribution in [0.4, 0.5) is 0 Å². The van der Waals surface area contributed by atoms with Crippen molar-refractivity contribution in [2.45, 2.75) is 34.6 Å². The van der Waals surface area contributed by atoms with E-state index in [9.17, 15) is 0 Å². The summed E-state index contributed by atoms with van der Waals surface area (Å²) < 4.78 is 0. The third kappa shape index (κ3) is 47.4. The van der Waals surface area contributed by atoms with Gasteiger partial charge in [0.2, 0.25) is 0 Å². The Morgan fingerprint density at radius 2 is 1.50 bits per heavy atom. The van der Waals surface area contributed by atoms with Gasteiger partial charge in [-0.05, 0) is 14.0 Å². The van der Waals surface area contributed by atoms with Crippen LogP contribution in [0.2, 0.25) is 0 Å². The Balaban J connectivity index is -0.000000105. The Bertz CT molecular complexity index is 40.0. The predicted octanol–water partition coefficient (Wildman–Crippen LogP) is 2.83. The highest BCUT2D eigenvalue weighted by molar-refractivity contribution is 4.77. The van der Waals surface area contributed by atoms with Crippen LogP contribution in [0.3, 0.4) is 0 Å². The van der Waals surface area contributed by atoms with Gasteiger partial charge in [-0.2, -0.15) is 0 Å². The van der Waals surface area contributed by atoms with Gasteiger partial charge in [0.1, 0.15) is 0 Å². The summed E-state index contributed by atoms with van der Waals surface area (Å²) in [6, 6.07) is 0. The molecule has 0 heterocycles. The predicted molar refractivity (Wildman–Crippen MR) is 51.4 cm³/mol. The molecule has 0 saturated carbocycles. The second kappa shape index (κ2) is 37.7. The molecule has 0 aromatic rings. The summed E-state index contributed by atoms with van der Waals surface area (Å²) >= 11 is 0. The molecule has 10 heavy (non-hydrogen) atoms. The highest BCUT2D eigenvalue weighted by Crippen LogP contribution is 1.61. The number of hydrogen-bond donors (Lipinski definition) is 1. The molecule has 1 heteroatoms. The molecule has 0 unspecified atom stereocenters. The summed E-state index contributed by atoms with van der Waals surface area (Å²) in [5, 5.41) is 2.98. The molecule has 0 aromatic carbocycles. The SMILES string of the molecule is C/C=C\CNC.CC.CC. The quantitative estimate of drug-likeness (QED) is 0.589. The van der Waals surface area contributed by atoms with E-state index in [1.165, 1.54) is 0 Å². The van der Waals surface area contributed by atoms with Gasteiger partial charge in [-0.15, -0.1) is 0 Å². The molecular formula is C9H23N. The molecule has 64 valence electrons. The zero-order valence-electron chi connectivity index (χ0n) is 8.36. The van der Waals surface area contributed by atoms with Gasteiger partial charge < -0.3 is 5.32 Å². The summed E-state index contributed by atoms with van der Waals surface area (Å²) in [4.78, 5) is 0. The van der Waals surface area contributed by atoms with Gasteiger partial charge in [0.15, 0.2) is 0 Å². The van der Waals surface area contributed by atoms with E-state index in [4.69, 9.17) is 0 Å². The minimum atomic E-state index is 0.983. The maximum atomic E-state index is 2.98. The van der Waals surface area contributed by atoms with Crippen molar-refractivity contribution < 1.29 is 0 Å². The lowest BCUT2D eigenvalue weighted by Crippen LogP contribution is -2.03. The third-order valence-electron chi connectivity index (χ3n) is 0.558. The van der Waals surface area contributed by atoms with E-state index >= 15 is 0 Å². The molecule has 0 radical (unpaired) electrons. The van der Waals surface area contributed by atoms with Crippen LogP contribution in [0.15, 0.2) is 12.2 Å². The van der Waals surface area contributed by atoms with Gasteiger partial charge in [-0.1, -0.05) is 39.8 Å².